The second kappa shape index (κ2) is 10.1. The molecule has 0 spiro atoms. The molecule has 34 heavy (non-hydrogen) atoms. The molecule has 4 aromatic rings. The Morgan fingerprint density at radius 3 is 2.91 bits per heavy atom. The number of amides is 1. The number of thiophene rings is 1. The Morgan fingerprint density at radius 2 is 2.06 bits per heavy atom. The molecule has 0 bridgehead atoms. The second-order valence-corrected chi connectivity index (χ2v) is 8.89. The van der Waals surface area contributed by atoms with Crippen molar-refractivity contribution in [3.63, 3.8) is 0 Å². The molecule has 8 heteroatoms. The van der Waals surface area contributed by atoms with Crippen LogP contribution in [-0.2, 0) is 6.54 Å². The molecule has 7 nitrogen and oxygen atoms in total. The number of rotatable bonds is 7. The fourth-order valence-electron chi connectivity index (χ4n) is 4.10. The molecule has 5 rings (SSSR count). The Labute approximate surface area is 202 Å². The van der Waals surface area contributed by atoms with Crippen LogP contribution in [0.4, 0.5) is 0 Å². The van der Waals surface area contributed by atoms with E-state index in [1.54, 1.807) is 35.5 Å². The van der Waals surface area contributed by atoms with Crippen molar-refractivity contribution in [2.45, 2.75) is 12.6 Å². The van der Waals surface area contributed by atoms with E-state index in [1.807, 2.05) is 42.5 Å². The summed E-state index contributed by atoms with van der Waals surface area (Å²) in [5.41, 5.74) is 3.63. The molecule has 0 saturated heterocycles. The van der Waals surface area contributed by atoms with E-state index in [4.69, 9.17) is 9.47 Å². The Hall–Kier alpha value is -3.62. The number of methoxy groups -OCH3 is 1. The fourth-order valence-corrected chi connectivity index (χ4v) is 4.80. The van der Waals surface area contributed by atoms with Crippen LogP contribution in [-0.4, -0.2) is 47.3 Å². The van der Waals surface area contributed by atoms with Gasteiger partial charge in [-0.15, -0.1) is 0 Å². The lowest BCUT2D eigenvalue weighted by Gasteiger charge is -2.23. The zero-order valence-electron chi connectivity index (χ0n) is 18.9. The molecule has 0 saturated carbocycles. The molecule has 1 aliphatic heterocycles. The van der Waals surface area contributed by atoms with Crippen molar-refractivity contribution in [3.8, 4) is 17.2 Å². The third-order valence-corrected chi connectivity index (χ3v) is 6.57. The first-order chi connectivity index (χ1) is 16.7. The number of carbonyl (C=O) groups excluding carboxylic acids is 1. The maximum absolute atomic E-state index is 12.8. The van der Waals surface area contributed by atoms with Crippen LogP contribution in [0.25, 0.3) is 5.69 Å². The van der Waals surface area contributed by atoms with Gasteiger partial charge in [0.05, 0.1) is 18.9 Å². The van der Waals surface area contributed by atoms with Crippen LogP contribution in [0.15, 0.2) is 77.8 Å². The lowest BCUT2D eigenvalue weighted by Crippen LogP contribution is -2.36. The van der Waals surface area contributed by atoms with Gasteiger partial charge in [0, 0.05) is 43.5 Å². The number of nitrogens with zero attached hydrogens (tertiary/aromatic N) is 3. The molecule has 3 heterocycles. The molecule has 0 radical (unpaired) electrons. The van der Waals surface area contributed by atoms with Gasteiger partial charge in [-0.1, -0.05) is 30.3 Å². The van der Waals surface area contributed by atoms with Crippen LogP contribution < -0.4 is 14.8 Å². The Bertz CT molecular complexity index is 1250. The molecule has 2 aromatic carbocycles. The quantitative estimate of drug-likeness (QED) is 0.432. The third-order valence-electron chi connectivity index (χ3n) is 5.87. The number of hydrogen-bond acceptors (Lipinski definition) is 6. The highest BCUT2D eigenvalue weighted by molar-refractivity contribution is 7.07. The van der Waals surface area contributed by atoms with E-state index in [-0.39, 0.29) is 12.0 Å². The number of carbonyl (C=O) groups is 1. The predicted octanol–water partition coefficient (Wildman–Crippen LogP) is 4.31. The SMILES string of the molecule is COc1ccccc1-n1cc(C(=O)NCCN2Cc3ccccc3OC(c3ccsc3)C2)cn1. The zero-order chi connectivity index (χ0) is 23.3. The highest BCUT2D eigenvalue weighted by Crippen LogP contribution is 2.31. The number of ether oxygens (including phenoxy) is 2. The molecule has 1 aliphatic rings. The van der Waals surface area contributed by atoms with Crippen LogP contribution in [0.3, 0.4) is 0 Å². The average Bonchev–Trinajstić information content (AvgIpc) is 3.54. The minimum absolute atomic E-state index is 0.0373. The predicted molar refractivity (Wildman–Crippen MR) is 132 cm³/mol. The smallest absolute Gasteiger partial charge is 0.254 e. The molecule has 0 aliphatic carbocycles. The van der Waals surface area contributed by atoms with E-state index in [2.05, 4.69) is 38.2 Å². The molecule has 1 N–H and O–H groups in total. The molecule has 1 unspecified atom stereocenters. The number of fused-ring (bicyclic) bond motifs is 1. The molecule has 1 atom stereocenters. The van der Waals surface area contributed by atoms with Gasteiger partial charge in [-0.05, 0) is 35.0 Å². The summed E-state index contributed by atoms with van der Waals surface area (Å²) in [4.78, 5) is 15.1. The van der Waals surface area contributed by atoms with Crippen LogP contribution in [0.2, 0.25) is 0 Å². The molecular formula is C26H26N4O3S. The van der Waals surface area contributed by atoms with E-state index in [0.717, 1.165) is 30.1 Å². The van der Waals surface area contributed by atoms with Crippen molar-refractivity contribution in [1.82, 2.24) is 20.0 Å². The first-order valence-corrected chi connectivity index (χ1v) is 12.1. The van der Waals surface area contributed by atoms with Crippen LogP contribution >= 0.6 is 11.3 Å². The fraction of sp³-hybridized carbons (Fsp3) is 0.231. The Balaban J connectivity index is 1.23. The summed E-state index contributed by atoms with van der Waals surface area (Å²) in [6.45, 7) is 2.77. The summed E-state index contributed by atoms with van der Waals surface area (Å²) in [7, 11) is 1.62. The number of aromatic nitrogens is 2. The van der Waals surface area contributed by atoms with Gasteiger partial charge in [-0.25, -0.2) is 4.68 Å². The number of hydrogen-bond donors (Lipinski definition) is 1. The number of para-hydroxylation sites is 3. The van der Waals surface area contributed by atoms with E-state index in [1.165, 1.54) is 5.56 Å². The van der Waals surface area contributed by atoms with Gasteiger partial charge in [-0.2, -0.15) is 16.4 Å². The molecular weight excluding hydrogens is 448 g/mol. The van der Waals surface area contributed by atoms with E-state index in [9.17, 15) is 4.79 Å². The van der Waals surface area contributed by atoms with Gasteiger partial charge >= 0.3 is 0 Å². The van der Waals surface area contributed by atoms with E-state index >= 15 is 0 Å². The monoisotopic (exact) mass is 474 g/mol. The summed E-state index contributed by atoms with van der Waals surface area (Å²) in [6.07, 6.45) is 3.25. The van der Waals surface area contributed by atoms with Crippen LogP contribution in [0.1, 0.15) is 27.6 Å². The molecule has 0 fully saturated rings. The first-order valence-electron chi connectivity index (χ1n) is 11.2. The van der Waals surface area contributed by atoms with Crippen molar-refractivity contribution in [2.24, 2.45) is 0 Å². The Kier molecular flexibility index (Phi) is 6.60. The van der Waals surface area contributed by atoms with Crippen molar-refractivity contribution in [3.05, 3.63) is 94.4 Å². The topological polar surface area (TPSA) is 68.6 Å². The second-order valence-electron chi connectivity index (χ2n) is 8.11. The summed E-state index contributed by atoms with van der Waals surface area (Å²) in [5.74, 6) is 1.47. The standard InChI is InChI=1S/C26H26N4O3S/c1-32-24-9-5-3-7-22(24)30-16-21(14-28-30)26(31)27-11-12-29-15-19-6-2-4-8-23(19)33-25(17-29)20-10-13-34-18-20/h2-10,13-14,16,18,25H,11-12,15,17H2,1H3,(H,27,31). The summed E-state index contributed by atoms with van der Waals surface area (Å²) in [5, 5.41) is 11.6. The highest BCUT2D eigenvalue weighted by atomic mass is 32.1. The number of benzene rings is 2. The Morgan fingerprint density at radius 1 is 1.21 bits per heavy atom. The highest BCUT2D eigenvalue weighted by Gasteiger charge is 2.24. The molecule has 1 amide bonds. The first kappa shape index (κ1) is 22.2. The van der Waals surface area contributed by atoms with Crippen molar-refractivity contribution in [1.29, 1.82) is 0 Å². The van der Waals surface area contributed by atoms with Gasteiger partial charge in [-0.3, -0.25) is 9.69 Å². The molecule has 174 valence electrons. The van der Waals surface area contributed by atoms with Gasteiger partial charge in [0.2, 0.25) is 0 Å². The minimum atomic E-state index is -0.151. The largest absolute Gasteiger partial charge is 0.494 e. The zero-order valence-corrected chi connectivity index (χ0v) is 19.7. The average molecular weight is 475 g/mol. The van der Waals surface area contributed by atoms with Gasteiger partial charge in [0.15, 0.2) is 0 Å². The van der Waals surface area contributed by atoms with Crippen molar-refractivity contribution >= 4 is 17.2 Å². The van der Waals surface area contributed by atoms with Crippen molar-refractivity contribution in [2.75, 3.05) is 26.7 Å². The normalized spacial score (nSPS) is 15.7. The summed E-state index contributed by atoms with van der Waals surface area (Å²) < 4.78 is 13.4. The maximum atomic E-state index is 12.8. The minimum Gasteiger partial charge on any atom is -0.494 e. The van der Waals surface area contributed by atoms with Crippen LogP contribution in [0.5, 0.6) is 11.5 Å². The van der Waals surface area contributed by atoms with Crippen LogP contribution in [0, 0.1) is 0 Å². The summed E-state index contributed by atoms with van der Waals surface area (Å²) >= 11 is 1.67. The lowest BCUT2D eigenvalue weighted by atomic mass is 10.2. The van der Waals surface area contributed by atoms with Gasteiger partial charge in [0.1, 0.15) is 23.3 Å². The van der Waals surface area contributed by atoms with E-state index < -0.39 is 0 Å². The third kappa shape index (κ3) is 4.83. The number of nitrogens with one attached hydrogen (secondary N) is 1. The van der Waals surface area contributed by atoms with Gasteiger partial charge in [0.25, 0.3) is 5.91 Å². The maximum Gasteiger partial charge on any atom is 0.254 e. The molecule has 2 aromatic heterocycles. The summed E-state index contributed by atoms with van der Waals surface area (Å²) in [6, 6.07) is 17.8. The van der Waals surface area contributed by atoms with Crippen molar-refractivity contribution < 1.29 is 14.3 Å². The lowest BCUT2D eigenvalue weighted by molar-refractivity contribution is 0.0943. The van der Waals surface area contributed by atoms with E-state index in [0.29, 0.717) is 24.4 Å². The van der Waals surface area contributed by atoms with Gasteiger partial charge < -0.3 is 14.8 Å².